The first-order chi connectivity index (χ1) is 13.5. The number of halogens is 1. The van der Waals surface area contributed by atoms with Crippen molar-refractivity contribution in [1.29, 1.82) is 0 Å². The molecular weight excluding hydrogens is 372 g/mol. The van der Waals surface area contributed by atoms with Crippen LogP contribution in [0.3, 0.4) is 0 Å². The van der Waals surface area contributed by atoms with Gasteiger partial charge in [0.05, 0.1) is 13.7 Å². The summed E-state index contributed by atoms with van der Waals surface area (Å²) in [5, 5.41) is 0.695. The van der Waals surface area contributed by atoms with Crippen molar-refractivity contribution in [2.24, 2.45) is 0 Å². The van der Waals surface area contributed by atoms with E-state index >= 15 is 0 Å². The average molecular weight is 393 g/mol. The van der Waals surface area contributed by atoms with Gasteiger partial charge in [0.1, 0.15) is 0 Å². The van der Waals surface area contributed by atoms with Gasteiger partial charge in [-0.25, -0.2) is 4.98 Å². The van der Waals surface area contributed by atoms with Crippen LogP contribution in [0.2, 0.25) is 5.02 Å². The molecule has 5 heteroatoms. The molecule has 0 atom stereocenters. The minimum Gasteiger partial charge on any atom is -0.481 e. The van der Waals surface area contributed by atoms with Crippen LogP contribution in [0.25, 0.3) is 11.1 Å². The Morgan fingerprint density at radius 3 is 2.50 bits per heavy atom. The average Bonchev–Trinajstić information content (AvgIpc) is 2.69. The molecule has 0 fully saturated rings. The molecule has 0 spiro atoms. The lowest BCUT2D eigenvalue weighted by Crippen LogP contribution is -2.30. The molecule has 1 aliphatic rings. The Morgan fingerprint density at radius 1 is 1.00 bits per heavy atom. The molecule has 1 aromatic heterocycles. The van der Waals surface area contributed by atoms with Crippen LogP contribution in [-0.4, -0.2) is 18.0 Å². The van der Waals surface area contributed by atoms with E-state index in [9.17, 15) is 4.79 Å². The first-order valence-electron chi connectivity index (χ1n) is 9.24. The fourth-order valence-corrected chi connectivity index (χ4v) is 3.88. The van der Waals surface area contributed by atoms with E-state index in [-0.39, 0.29) is 5.91 Å². The Morgan fingerprint density at radius 2 is 1.79 bits per heavy atom. The first-order valence-corrected chi connectivity index (χ1v) is 9.61. The van der Waals surface area contributed by atoms with Crippen LogP contribution in [0.4, 0.5) is 5.69 Å². The Labute approximate surface area is 169 Å². The predicted octanol–water partition coefficient (Wildman–Crippen LogP) is 5.06. The van der Waals surface area contributed by atoms with Crippen LogP contribution in [0.5, 0.6) is 5.88 Å². The van der Waals surface area contributed by atoms with Crippen LogP contribution in [0, 0.1) is 0 Å². The van der Waals surface area contributed by atoms with Gasteiger partial charge in [0.15, 0.2) is 0 Å². The van der Waals surface area contributed by atoms with Crippen LogP contribution < -0.4 is 9.64 Å². The third-order valence-electron chi connectivity index (χ3n) is 5.19. The van der Waals surface area contributed by atoms with Crippen molar-refractivity contribution in [3.05, 3.63) is 76.4 Å². The normalized spacial score (nSPS) is 13.2. The lowest BCUT2D eigenvalue weighted by Gasteiger charge is -2.28. The number of aryl methyl sites for hydroxylation is 2. The van der Waals surface area contributed by atoms with E-state index in [0.717, 1.165) is 35.2 Å². The number of benzene rings is 2. The van der Waals surface area contributed by atoms with Gasteiger partial charge in [0.2, 0.25) is 11.8 Å². The zero-order valence-corrected chi connectivity index (χ0v) is 16.7. The highest BCUT2D eigenvalue weighted by Gasteiger charge is 2.21. The predicted molar refractivity (Wildman–Crippen MR) is 112 cm³/mol. The SMILES string of the molecule is COc1ccc(-c2ccc3c(c2)CCc2cc(Cl)ccc2N(C(C)=O)C3)cn1. The van der Waals surface area contributed by atoms with Crippen LogP contribution in [0.15, 0.2) is 54.7 Å². The number of anilines is 1. The van der Waals surface area contributed by atoms with Gasteiger partial charge >= 0.3 is 0 Å². The number of amides is 1. The Hall–Kier alpha value is -2.85. The van der Waals surface area contributed by atoms with Gasteiger partial charge in [-0.15, -0.1) is 0 Å². The van der Waals surface area contributed by atoms with Gasteiger partial charge < -0.3 is 9.64 Å². The van der Waals surface area contributed by atoms with Crippen LogP contribution in [0.1, 0.15) is 23.6 Å². The molecule has 0 unspecified atom stereocenters. The topological polar surface area (TPSA) is 42.4 Å². The quantitative estimate of drug-likeness (QED) is 0.612. The lowest BCUT2D eigenvalue weighted by atomic mass is 9.92. The molecule has 0 radical (unpaired) electrons. The second kappa shape index (κ2) is 7.64. The molecule has 3 aromatic rings. The Bertz CT molecular complexity index is 1030. The number of hydrogen-bond acceptors (Lipinski definition) is 3. The molecule has 142 valence electrons. The summed E-state index contributed by atoms with van der Waals surface area (Å²) >= 11 is 6.21. The lowest BCUT2D eigenvalue weighted by molar-refractivity contribution is -0.116. The molecule has 1 amide bonds. The molecule has 28 heavy (non-hydrogen) atoms. The third kappa shape index (κ3) is 3.60. The number of fused-ring (bicyclic) bond motifs is 2. The van der Waals surface area contributed by atoms with Crippen LogP contribution in [-0.2, 0) is 24.2 Å². The smallest absolute Gasteiger partial charge is 0.224 e. The van der Waals surface area contributed by atoms with E-state index < -0.39 is 0 Å². The van der Waals surface area contributed by atoms with Gasteiger partial charge in [0, 0.05) is 35.5 Å². The second-order valence-corrected chi connectivity index (χ2v) is 7.39. The van der Waals surface area contributed by atoms with E-state index in [0.29, 0.717) is 17.4 Å². The van der Waals surface area contributed by atoms with Gasteiger partial charge in [-0.3, -0.25) is 4.79 Å². The highest BCUT2D eigenvalue weighted by molar-refractivity contribution is 6.30. The van der Waals surface area contributed by atoms with Crippen molar-refractivity contribution < 1.29 is 9.53 Å². The van der Waals surface area contributed by atoms with Crippen molar-refractivity contribution in [1.82, 2.24) is 4.98 Å². The van der Waals surface area contributed by atoms with E-state index in [1.54, 1.807) is 14.0 Å². The molecule has 0 saturated heterocycles. The number of methoxy groups -OCH3 is 1. The molecule has 1 aliphatic heterocycles. The number of hydrogen-bond donors (Lipinski definition) is 0. The molecule has 0 bridgehead atoms. The van der Waals surface area contributed by atoms with E-state index in [4.69, 9.17) is 16.3 Å². The molecular formula is C23H21ClN2O2. The summed E-state index contributed by atoms with van der Waals surface area (Å²) in [6, 6.07) is 16.0. The fourth-order valence-electron chi connectivity index (χ4n) is 3.69. The molecule has 0 aliphatic carbocycles. The zero-order valence-electron chi connectivity index (χ0n) is 15.9. The number of carbonyl (C=O) groups excluding carboxylic acids is 1. The number of rotatable bonds is 2. The molecule has 4 nitrogen and oxygen atoms in total. The number of nitrogens with zero attached hydrogens (tertiary/aromatic N) is 2. The van der Waals surface area contributed by atoms with E-state index in [1.807, 2.05) is 41.4 Å². The number of carbonyl (C=O) groups is 1. The summed E-state index contributed by atoms with van der Waals surface area (Å²) in [5.41, 5.74) is 6.61. The summed E-state index contributed by atoms with van der Waals surface area (Å²) in [5.74, 6) is 0.625. The first kappa shape index (κ1) is 18.5. The minimum atomic E-state index is 0.0276. The molecule has 4 rings (SSSR count). The van der Waals surface area contributed by atoms with Crippen LogP contribution >= 0.6 is 11.6 Å². The summed E-state index contributed by atoms with van der Waals surface area (Å²) in [6.45, 7) is 2.16. The summed E-state index contributed by atoms with van der Waals surface area (Å²) in [6.07, 6.45) is 3.54. The highest BCUT2D eigenvalue weighted by Crippen LogP contribution is 2.32. The Balaban J connectivity index is 1.73. The minimum absolute atomic E-state index is 0.0276. The maximum atomic E-state index is 12.3. The molecule has 0 saturated carbocycles. The molecule has 2 aromatic carbocycles. The zero-order chi connectivity index (χ0) is 19.7. The van der Waals surface area contributed by atoms with E-state index in [1.165, 1.54) is 11.1 Å². The van der Waals surface area contributed by atoms with Crippen molar-refractivity contribution in [2.45, 2.75) is 26.3 Å². The summed E-state index contributed by atoms with van der Waals surface area (Å²) in [4.78, 5) is 18.5. The summed E-state index contributed by atoms with van der Waals surface area (Å²) in [7, 11) is 1.61. The Kier molecular flexibility index (Phi) is 5.05. The van der Waals surface area contributed by atoms with Gasteiger partial charge in [0.25, 0.3) is 0 Å². The largest absolute Gasteiger partial charge is 0.481 e. The maximum absolute atomic E-state index is 12.3. The summed E-state index contributed by atoms with van der Waals surface area (Å²) < 4.78 is 5.14. The third-order valence-corrected chi connectivity index (χ3v) is 5.42. The van der Waals surface area contributed by atoms with Crippen molar-refractivity contribution in [2.75, 3.05) is 12.0 Å². The van der Waals surface area contributed by atoms with Gasteiger partial charge in [-0.05, 0) is 59.4 Å². The van der Waals surface area contributed by atoms with Gasteiger partial charge in [-0.2, -0.15) is 0 Å². The second-order valence-electron chi connectivity index (χ2n) is 6.95. The number of aromatic nitrogens is 1. The van der Waals surface area contributed by atoms with Crippen molar-refractivity contribution in [3.63, 3.8) is 0 Å². The molecule has 2 heterocycles. The monoisotopic (exact) mass is 392 g/mol. The van der Waals surface area contributed by atoms with Crippen molar-refractivity contribution in [3.8, 4) is 17.0 Å². The van der Waals surface area contributed by atoms with Crippen molar-refractivity contribution >= 4 is 23.2 Å². The van der Waals surface area contributed by atoms with E-state index in [2.05, 4.69) is 23.2 Å². The highest BCUT2D eigenvalue weighted by atomic mass is 35.5. The number of ether oxygens (including phenoxy) is 1. The maximum Gasteiger partial charge on any atom is 0.224 e. The standard InChI is InChI=1S/C23H21ClN2O2/c1-15(27)26-14-20-6-4-16(19-7-10-23(28-2)25-13-19)11-17(20)3-5-18-12-21(24)8-9-22(18)26/h4,6-13H,3,5,14H2,1-2H3. The number of pyridine rings is 1. The van der Waals surface area contributed by atoms with Gasteiger partial charge in [-0.1, -0.05) is 29.8 Å². The molecule has 0 N–H and O–H groups in total. The fraction of sp³-hybridized carbons (Fsp3) is 0.217.